The molecule has 0 N–H and O–H groups in total. The van der Waals surface area contributed by atoms with Crippen LogP contribution in [0.1, 0.15) is 11.1 Å². The van der Waals surface area contributed by atoms with Crippen molar-refractivity contribution in [3.63, 3.8) is 0 Å². The minimum atomic E-state index is 0.813. The highest BCUT2D eigenvalue weighted by atomic mass is 16.5. The molecule has 0 spiro atoms. The molecule has 0 fully saturated rings. The van der Waals surface area contributed by atoms with Gasteiger partial charge in [-0.2, -0.15) is 0 Å². The largest absolute Gasteiger partial charge is 0.497 e. The third-order valence-corrected chi connectivity index (χ3v) is 14.5. The first kappa shape index (κ1) is 41.3. The van der Waals surface area contributed by atoms with Gasteiger partial charge in [-0.15, -0.1) is 0 Å². The Balaban J connectivity index is 1.17. The van der Waals surface area contributed by atoms with Crippen LogP contribution in [0.2, 0.25) is 0 Å². The standard InChI is InChI=1S/C66H48N2O2/c1-41-21-25-45(26-22-41)67(46-27-23-42(2)24-28-46)57-39-37-55-61-51(57)17-11-19-53(61)63-59(43-13-7-5-8-14-43)64-54-20-12-18-52-58(40-38-56(62(52)54)66(64)60(65(55)63)44-15-9-6-10-16-44)68(47-29-33-49(69-3)34-30-47)48-31-35-50(70-4)36-32-48/h5-40H,1-4H3. The number of benzene rings is 11. The summed E-state index contributed by atoms with van der Waals surface area (Å²) in [5.41, 5.74) is 13.9. The van der Waals surface area contributed by atoms with E-state index in [4.69, 9.17) is 9.47 Å². The van der Waals surface area contributed by atoms with Crippen molar-refractivity contribution in [1.29, 1.82) is 0 Å². The van der Waals surface area contributed by atoms with Crippen LogP contribution in [0.25, 0.3) is 86.9 Å². The number of hydrogen-bond donors (Lipinski definition) is 0. The zero-order chi connectivity index (χ0) is 47.0. The maximum absolute atomic E-state index is 5.63. The van der Waals surface area contributed by atoms with Crippen LogP contribution in [-0.2, 0) is 0 Å². The smallest absolute Gasteiger partial charge is 0.119 e. The number of nitrogens with zero attached hydrogens (tertiary/aromatic N) is 2. The monoisotopic (exact) mass is 900 g/mol. The summed E-state index contributed by atoms with van der Waals surface area (Å²) in [5.74, 6) is 1.63. The summed E-state index contributed by atoms with van der Waals surface area (Å²) in [6.45, 7) is 4.31. The lowest BCUT2D eigenvalue weighted by Crippen LogP contribution is -2.10. The first-order valence-corrected chi connectivity index (χ1v) is 24.0. The fourth-order valence-electron chi connectivity index (χ4n) is 11.3. The van der Waals surface area contributed by atoms with Crippen molar-refractivity contribution in [3.05, 3.63) is 230 Å². The summed E-state index contributed by atoms with van der Waals surface area (Å²) >= 11 is 0. The van der Waals surface area contributed by atoms with E-state index in [1.54, 1.807) is 14.2 Å². The van der Waals surface area contributed by atoms with Crippen LogP contribution >= 0.6 is 0 Å². The number of rotatable bonds is 10. The summed E-state index contributed by atoms with van der Waals surface area (Å²) in [6.07, 6.45) is 0. The van der Waals surface area contributed by atoms with Gasteiger partial charge < -0.3 is 19.3 Å². The third-order valence-electron chi connectivity index (χ3n) is 14.5. The van der Waals surface area contributed by atoms with Gasteiger partial charge in [-0.05, 0) is 175 Å². The number of anilines is 6. The quantitative estimate of drug-likeness (QED) is 0.137. The van der Waals surface area contributed by atoms with Crippen LogP contribution in [0.3, 0.4) is 0 Å². The molecule has 0 amide bonds. The van der Waals surface area contributed by atoms with Crippen molar-refractivity contribution in [2.75, 3.05) is 24.0 Å². The Kier molecular flexibility index (Phi) is 9.70. The van der Waals surface area contributed by atoms with Crippen LogP contribution in [0.5, 0.6) is 11.5 Å². The van der Waals surface area contributed by atoms with Crippen LogP contribution < -0.4 is 19.3 Å². The highest BCUT2D eigenvalue weighted by molar-refractivity contribution is 6.47. The summed E-state index contributed by atoms with van der Waals surface area (Å²) in [4.78, 5) is 4.78. The number of fused-ring (bicyclic) bond motifs is 6. The molecule has 0 saturated carbocycles. The van der Waals surface area contributed by atoms with Crippen molar-refractivity contribution < 1.29 is 9.47 Å². The van der Waals surface area contributed by atoms with Gasteiger partial charge in [0, 0.05) is 33.5 Å². The van der Waals surface area contributed by atoms with Crippen molar-refractivity contribution >= 4 is 98.8 Å². The molecule has 0 aliphatic carbocycles. The Bertz CT molecular complexity index is 3870. The van der Waals surface area contributed by atoms with Gasteiger partial charge in [0.05, 0.1) is 25.6 Å². The van der Waals surface area contributed by atoms with E-state index in [1.807, 2.05) is 24.3 Å². The maximum atomic E-state index is 5.63. The SMILES string of the molecule is COc1ccc(N(c2ccc(OC)cc2)c2ccc3c4c(-c5ccccc5)c5c6ccc(N(c7ccc(C)cc7)c7ccc(C)cc7)c7cccc(c5c(-c5ccccc5)c4c4cccc2c43)c76)cc1. The minimum Gasteiger partial charge on any atom is -0.497 e. The average Bonchev–Trinajstić information content (AvgIpc) is 3.93. The number of ether oxygens (including phenoxy) is 2. The predicted octanol–water partition coefficient (Wildman–Crippen LogP) is 18.4. The number of aryl methyl sites for hydroxylation is 2. The van der Waals surface area contributed by atoms with E-state index in [0.717, 1.165) is 45.6 Å². The van der Waals surface area contributed by atoms with E-state index in [9.17, 15) is 0 Å². The van der Waals surface area contributed by atoms with E-state index in [1.165, 1.54) is 98.0 Å². The van der Waals surface area contributed by atoms with E-state index >= 15 is 0 Å². The van der Waals surface area contributed by atoms with Crippen molar-refractivity contribution in [1.82, 2.24) is 0 Å². The molecule has 0 atom stereocenters. The molecular formula is C66H48N2O2. The predicted molar refractivity (Wildman–Crippen MR) is 297 cm³/mol. The Labute approximate surface area is 407 Å². The summed E-state index contributed by atoms with van der Waals surface area (Å²) in [5, 5.41) is 15.0. The van der Waals surface area contributed by atoms with E-state index in [0.29, 0.717) is 0 Å². The molecule has 13 rings (SSSR count). The molecule has 4 nitrogen and oxygen atoms in total. The Morgan fingerprint density at radius 3 is 0.929 bits per heavy atom. The lowest BCUT2D eigenvalue weighted by Gasteiger charge is -2.27. The zero-order valence-electron chi connectivity index (χ0n) is 39.5. The first-order valence-electron chi connectivity index (χ1n) is 24.0. The summed E-state index contributed by atoms with van der Waals surface area (Å²) < 4.78 is 11.3. The molecule has 0 bridgehead atoms. The summed E-state index contributed by atoms with van der Waals surface area (Å²) in [7, 11) is 3.42. The second-order valence-corrected chi connectivity index (χ2v) is 18.4. The van der Waals surface area contributed by atoms with E-state index < -0.39 is 0 Å². The van der Waals surface area contributed by atoms with Crippen LogP contribution in [-0.4, -0.2) is 14.2 Å². The molecule has 0 aromatic heterocycles. The lowest BCUT2D eigenvalue weighted by atomic mass is 9.87. The second kappa shape index (κ2) is 16.4. The summed E-state index contributed by atoms with van der Waals surface area (Å²) in [6, 6.07) is 80.0. The molecule has 13 aromatic carbocycles. The zero-order valence-corrected chi connectivity index (χ0v) is 39.5. The van der Waals surface area contributed by atoms with E-state index in [2.05, 4.69) is 218 Å². The van der Waals surface area contributed by atoms with Gasteiger partial charge in [0.2, 0.25) is 0 Å². The number of methoxy groups -OCH3 is 2. The van der Waals surface area contributed by atoms with Crippen molar-refractivity contribution in [2.45, 2.75) is 13.8 Å². The van der Waals surface area contributed by atoms with Gasteiger partial charge >= 0.3 is 0 Å². The molecule has 0 heterocycles. The Morgan fingerprint density at radius 2 is 0.586 bits per heavy atom. The Hall–Kier alpha value is -8.86. The van der Waals surface area contributed by atoms with Crippen LogP contribution in [0, 0.1) is 13.8 Å². The molecule has 0 saturated heterocycles. The van der Waals surface area contributed by atoms with Gasteiger partial charge in [0.15, 0.2) is 0 Å². The molecule has 334 valence electrons. The topological polar surface area (TPSA) is 24.9 Å². The van der Waals surface area contributed by atoms with Gasteiger partial charge in [0.1, 0.15) is 11.5 Å². The van der Waals surface area contributed by atoms with E-state index in [-0.39, 0.29) is 0 Å². The maximum Gasteiger partial charge on any atom is 0.119 e. The van der Waals surface area contributed by atoms with Gasteiger partial charge in [0.25, 0.3) is 0 Å². The molecule has 0 aliphatic rings. The highest BCUT2D eigenvalue weighted by Gasteiger charge is 2.30. The molecule has 70 heavy (non-hydrogen) atoms. The fourth-order valence-corrected chi connectivity index (χ4v) is 11.3. The van der Waals surface area contributed by atoms with Gasteiger partial charge in [-0.25, -0.2) is 0 Å². The molecular weight excluding hydrogens is 853 g/mol. The Morgan fingerprint density at radius 1 is 0.271 bits per heavy atom. The molecule has 0 aliphatic heterocycles. The molecule has 13 aromatic rings. The lowest BCUT2D eigenvalue weighted by molar-refractivity contribution is 0.415. The minimum absolute atomic E-state index is 0.813. The molecule has 0 unspecified atom stereocenters. The number of hydrogen-bond acceptors (Lipinski definition) is 4. The normalized spacial score (nSPS) is 11.7. The highest BCUT2D eigenvalue weighted by Crippen LogP contribution is 2.57. The van der Waals surface area contributed by atoms with Crippen molar-refractivity contribution in [2.24, 2.45) is 0 Å². The average molecular weight is 901 g/mol. The molecule has 4 heteroatoms. The van der Waals surface area contributed by atoms with Crippen molar-refractivity contribution in [3.8, 4) is 33.8 Å². The van der Waals surface area contributed by atoms with Crippen LogP contribution in [0.15, 0.2) is 218 Å². The van der Waals surface area contributed by atoms with Gasteiger partial charge in [-0.3, -0.25) is 0 Å². The van der Waals surface area contributed by atoms with Gasteiger partial charge in [-0.1, -0.05) is 145 Å². The fraction of sp³-hybridized carbons (Fsp3) is 0.0606. The third kappa shape index (κ3) is 6.37. The first-order chi connectivity index (χ1) is 34.5. The molecule has 0 radical (unpaired) electrons. The van der Waals surface area contributed by atoms with Crippen LogP contribution in [0.4, 0.5) is 34.1 Å². The second-order valence-electron chi connectivity index (χ2n) is 18.4.